The fourth-order valence-electron chi connectivity index (χ4n) is 6.21. The highest BCUT2D eigenvalue weighted by molar-refractivity contribution is 5.71. The van der Waals surface area contributed by atoms with Crippen LogP contribution in [0.15, 0.2) is 60.8 Å². The SMILES string of the molecule is CC/C=C\C/C=C\C/C=C\CCCCCCCCC(O)(O)CCCCCCCC/C=C\C/C=C\CCCCC.CN(C)CC(=O)OC1CCCC1. The lowest BCUT2D eigenvalue weighted by Crippen LogP contribution is -2.27. The molecule has 0 bridgehead atoms. The molecule has 1 saturated carbocycles. The highest BCUT2D eigenvalue weighted by Crippen LogP contribution is 2.22. The van der Waals surface area contributed by atoms with E-state index < -0.39 is 5.79 Å². The molecule has 2 N–H and O–H groups in total. The normalized spacial score (nSPS) is 14.3. The number of esters is 1. The molecule has 1 fully saturated rings. The molecule has 5 nitrogen and oxygen atoms in total. The van der Waals surface area contributed by atoms with Crippen molar-refractivity contribution in [2.24, 2.45) is 0 Å². The average molecular weight is 714 g/mol. The van der Waals surface area contributed by atoms with Gasteiger partial charge in [-0.1, -0.05) is 139 Å². The quantitative estimate of drug-likeness (QED) is 0.0314. The van der Waals surface area contributed by atoms with Gasteiger partial charge in [-0.25, -0.2) is 0 Å². The molecule has 5 heteroatoms. The van der Waals surface area contributed by atoms with Crippen LogP contribution in [0.2, 0.25) is 0 Å². The van der Waals surface area contributed by atoms with Gasteiger partial charge in [-0.2, -0.15) is 0 Å². The Morgan fingerprint density at radius 3 is 1.41 bits per heavy atom. The van der Waals surface area contributed by atoms with E-state index in [0.29, 0.717) is 19.4 Å². The van der Waals surface area contributed by atoms with E-state index in [1.807, 2.05) is 19.0 Å². The zero-order valence-electron chi connectivity index (χ0n) is 34.0. The molecule has 0 aromatic carbocycles. The first-order chi connectivity index (χ1) is 24.8. The smallest absolute Gasteiger partial charge is 0.320 e. The molecule has 0 radical (unpaired) electrons. The predicted molar refractivity (Wildman–Crippen MR) is 222 cm³/mol. The highest BCUT2D eigenvalue weighted by Gasteiger charge is 2.21. The standard InChI is InChI=1S/C37H66O2.C9H17NO2/c1-3-5-7-9-11-13-15-17-19-21-23-25-27-29-31-33-35-37(38,39)36-34-32-30-28-26-24-22-20-18-16-14-12-10-8-6-4-2;1-10(2)7-9(11)12-8-5-3-4-6-8/h5,7,11-14,17-20,38-39H,3-4,6,8-10,15-16,21-36H2,1-2H3;8H,3-7H2,1-2H3/b7-5-,13-11-,14-12-,19-17-,20-18-;. The van der Waals surface area contributed by atoms with Gasteiger partial charge < -0.3 is 14.9 Å². The molecular formula is C46H83NO4. The molecule has 0 unspecified atom stereocenters. The first kappa shape index (κ1) is 49.0. The first-order valence-electron chi connectivity index (χ1n) is 21.3. The Morgan fingerprint density at radius 1 is 0.588 bits per heavy atom. The summed E-state index contributed by atoms with van der Waals surface area (Å²) in [5.41, 5.74) is 0. The van der Waals surface area contributed by atoms with Crippen LogP contribution in [0.5, 0.6) is 0 Å². The second-order valence-corrected chi connectivity index (χ2v) is 14.9. The van der Waals surface area contributed by atoms with Crippen molar-refractivity contribution in [2.75, 3.05) is 20.6 Å². The Hall–Kier alpha value is -1.95. The average Bonchev–Trinajstić information content (AvgIpc) is 3.60. The molecule has 0 aliphatic heterocycles. The van der Waals surface area contributed by atoms with E-state index in [9.17, 15) is 15.0 Å². The number of carbonyl (C=O) groups is 1. The molecule has 0 atom stereocenters. The van der Waals surface area contributed by atoms with Crippen LogP contribution in [0, 0.1) is 0 Å². The minimum absolute atomic E-state index is 0.0908. The molecular weight excluding hydrogens is 631 g/mol. The third kappa shape index (κ3) is 39.1. The molecule has 296 valence electrons. The number of carbonyl (C=O) groups excluding carboxylic acids is 1. The van der Waals surface area contributed by atoms with Crippen molar-refractivity contribution < 1.29 is 19.7 Å². The largest absolute Gasteiger partial charge is 0.461 e. The van der Waals surface area contributed by atoms with Crippen molar-refractivity contribution in [1.29, 1.82) is 0 Å². The van der Waals surface area contributed by atoms with Gasteiger partial charge in [0.15, 0.2) is 5.79 Å². The monoisotopic (exact) mass is 714 g/mol. The van der Waals surface area contributed by atoms with Gasteiger partial charge in [0.25, 0.3) is 0 Å². The van der Waals surface area contributed by atoms with E-state index in [2.05, 4.69) is 74.6 Å². The third-order valence-electron chi connectivity index (χ3n) is 9.30. The van der Waals surface area contributed by atoms with Crippen LogP contribution in [0.25, 0.3) is 0 Å². The van der Waals surface area contributed by atoms with E-state index in [1.165, 1.54) is 103 Å². The number of allylic oxidation sites excluding steroid dienone is 10. The number of hydrogen-bond acceptors (Lipinski definition) is 5. The first-order valence-corrected chi connectivity index (χ1v) is 21.3. The summed E-state index contributed by atoms with van der Waals surface area (Å²) >= 11 is 0. The van der Waals surface area contributed by atoms with Crippen LogP contribution in [0.1, 0.15) is 194 Å². The number of hydrogen-bond donors (Lipinski definition) is 2. The highest BCUT2D eigenvalue weighted by atomic mass is 16.5. The lowest BCUT2D eigenvalue weighted by molar-refractivity contribution is -0.172. The van der Waals surface area contributed by atoms with Gasteiger partial charge in [0.2, 0.25) is 0 Å². The molecule has 1 aliphatic carbocycles. The van der Waals surface area contributed by atoms with Gasteiger partial charge >= 0.3 is 5.97 Å². The van der Waals surface area contributed by atoms with Crippen LogP contribution < -0.4 is 0 Å². The molecule has 0 aromatic heterocycles. The van der Waals surface area contributed by atoms with Crippen molar-refractivity contribution in [3.05, 3.63) is 60.8 Å². The molecule has 1 aliphatic rings. The summed E-state index contributed by atoms with van der Waals surface area (Å²) in [6, 6.07) is 0. The van der Waals surface area contributed by atoms with Crippen LogP contribution in [0.3, 0.4) is 0 Å². The summed E-state index contributed by atoms with van der Waals surface area (Å²) in [5.74, 6) is -1.55. The van der Waals surface area contributed by atoms with E-state index in [0.717, 1.165) is 64.2 Å². The lowest BCUT2D eigenvalue weighted by Gasteiger charge is -2.21. The third-order valence-corrected chi connectivity index (χ3v) is 9.30. The van der Waals surface area contributed by atoms with Gasteiger partial charge in [-0.05, 0) is 117 Å². The summed E-state index contributed by atoms with van der Waals surface area (Å²) < 4.78 is 5.24. The molecule has 0 spiro atoms. The molecule has 0 aromatic rings. The summed E-state index contributed by atoms with van der Waals surface area (Å²) in [7, 11) is 3.74. The Labute approximate surface area is 316 Å². The Kier molecular flexibility index (Phi) is 36.4. The number of unbranched alkanes of at least 4 members (excludes halogenated alkanes) is 15. The number of ether oxygens (including phenoxy) is 1. The van der Waals surface area contributed by atoms with E-state index in [4.69, 9.17) is 4.74 Å². The maximum atomic E-state index is 11.1. The topological polar surface area (TPSA) is 70.0 Å². The molecule has 51 heavy (non-hydrogen) atoms. The fourth-order valence-corrected chi connectivity index (χ4v) is 6.21. The van der Waals surface area contributed by atoms with Crippen LogP contribution >= 0.6 is 0 Å². The minimum atomic E-state index is -1.46. The summed E-state index contributed by atoms with van der Waals surface area (Å²) in [6.45, 7) is 4.82. The van der Waals surface area contributed by atoms with Crippen molar-refractivity contribution in [3.63, 3.8) is 0 Å². The van der Waals surface area contributed by atoms with Gasteiger partial charge in [0.1, 0.15) is 6.10 Å². The van der Waals surface area contributed by atoms with Crippen molar-refractivity contribution in [1.82, 2.24) is 4.90 Å². The van der Waals surface area contributed by atoms with Crippen LogP contribution in [-0.4, -0.2) is 53.6 Å². The van der Waals surface area contributed by atoms with Crippen molar-refractivity contribution in [2.45, 2.75) is 206 Å². The fraction of sp³-hybridized carbons (Fsp3) is 0.761. The van der Waals surface area contributed by atoms with Crippen LogP contribution in [-0.2, 0) is 9.53 Å². The number of rotatable bonds is 32. The van der Waals surface area contributed by atoms with Gasteiger partial charge in [0, 0.05) is 12.8 Å². The number of aliphatic hydroxyl groups is 2. The second-order valence-electron chi connectivity index (χ2n) is 14.9. The Bertz CT molecular complexity index is 895. The van der Waals surface area contributed by atoms with Crippen molar-refractivity contribution in [3.8, 4) is 0 Å². The van der Waals surface area contributed by atoms with E-state index in [-0.39, 0.29) is 12.1 Å². The molecule has 0 amide bonds. The van der Waals surface area contributed by atoms with E-state index >= 15 is 0 Å². The molecule has 0 saturated heterocycles. The minimum Gasteiger partial charge on any atom is -0.461 e. The molecule has 1 rings (SSSR count). The van der Waals surface area contributed by atoms with E-state index in [1.54, 1.807) is 0 Å². The van der Waals surface area contributed by atoms with Crippen LogP contribution in [0.4, 0.5) is 0 Å². The Balaban J connectivity index is 0.00000174. The maximum Gasteiger partial charge on any atom is 0.320 e. The zero-order valence-corrected chi connectivity index (χ0v) is 34.0. The number of nitrogens with zero attached hydrogens (tertiary/aromatic N) is 1. The second kappa shape index (κ2) is 37.8. The summed E-state index contributed by atoms with van der Waals surface area (Å²) in [6.07, 6.45) is 54.5. The number of likely N-dealkylation sites (N-methyl/N-ethyl adjacent to an activating group) is 1. The van der Waals surface area contributed by atoms with Gasteiger partial charge in [-0.15, -0.1) is 0 Å². The van der Waals surface area contributed by atoms with Gasteiger partial charge in [0.05, 0.1) is 6.54 Å². The summed E-state index contributed by atoms with van der Waals surface area (Å²) in [5, 5.41) is 20.5. The predicted octanol–water partition coefficient (Wildman–Crippen LogP) is 12.9. The zero-order chi connectivity index (χ0) is 37.5. The lowest BCUT2D eigenvalue weighted by atomic mass is 9.99. The summed E-state index contributed by atoms with van der Waals surface area (Å²) in [4.78, 5) is 13.0. The van der Waals surface area contributed by atoms with Gasteiger partial charge in [-0.3, -0.25) is 9.69 Å². The molecule has 0 heterocycles. The maximum absolute atomic E-state index is 11.1. The Morgan fingerprint density at radius 2 is 0.980 bits per heavy atom. The van der Waals surface area contributed by atoms with Crippen molar-refractivity contribution >= 4 is 5.97 Å².